The third-order valence-corrected chi connectivity index (χ3v) is 3.91. The molecule has 23 heavy (non-hydrogen) atoms. The molecular formula is C16H18ClN3O3. The molecule has 0 bridgehead atoms. The van der Waals surface area contributed by atoms with Crippen LogP contribution in [0.3, 0.4) is 0 Å². The SMILES string of the molecule is CC[C@@H](C)CN=CC1C(=O)NC(=O)N(c2ccc(Cl)cc2)C1=O. The molecule has 122 valence electrons. The molecule has 1 saturated heterocycles. The zero-order valence-corrected chi connectivity index (χ0v) is 13.7. The molecule has 6 nitrogen and oxygen atoms in total. The molecule has 7 heteroatoms. The predicted molar refractivity (Wildman–Crippen MR) is 88.8 cm³/mol. The zero-order valence-electron chi connectivity index (χ0n) is 13.0. The smallest absolute Gasteiger partial charge is 0.296 e. The molecule has 1 aliphatic rings. The van der Waals surface area contributed by atoms with Crippen LogP contribution >= 0.6 is 11.6 Å². The summed E-state index contributed by atoms with van der Waals surface area (Å²) < 4.78 is 0. The van der Waals surface area contributed by atoms with Crippen molar-refractivity contribution >= 4 is 41.3 Å². The van der Waals surface area contributed by atoms with Gasteiger partial charge in [0.15, 0.2) is 5.92 Å². The summed E-state index contributed by atoms with van der Waals surface area (Å²) in [6, 6.07) is 5.46. The number of nitrogens with one attached hydrogen (secondary N) is 1. The zero-order chi connectivity index (χ0) is 17.0. The van der Waals surface area contributed by atoms with E-state index >= 15 is 0 Å². The van der Waals surface area contributed by atoms with Gasteiger partial charge in [-0.1, -0.05) is 31.9 Å². The van der Waals surface area contributed by atoms with Crippen molar-refractivity contribution in [1.82, 2.24) is 5.32 Å². The summed E-state index contributed by atoms with van der Waals surface area (Å²) in [5, 5.41) is 2.67. The van der Waals surface area contributed by atoms with E-state index in [1.165, 1.54) is 6.21 Å². The predicted octanol–water partition coefficient (Wildman–Crippen LogP) is 2.66. The van der Waals surface area contributed by atoms with E-state index in [0.29, 0.717) is 23.2 Å². The molecule has 1 fully saturated rings. The molecule has 0 saturated carbocycles. The lowest BCUT2D eigenvalue weighted by atomic mass is 10.1. The first-order valence-corrected chi connectivity index (χ1v) is 7.76. The second-order valence-corrected chi connectivity index (χ2v) is 5.89. The number of amides is 4. The highest BCUT2D eigenvalue weighted by atomic mass is 35.5. The Morgan fingerprint density at radius 2 is 1.96 bits per heavy atom. The van der Waals surface area contributed by atoms with Gasteiger partial charge < -0.3 is 0 Å². The molecule has 1 unspecified atom stereocenters. The first-order chi connectivity index (χ1) is 10.9. The third-order valence-electron chi connectivity index (χ3n) is 3.66. The first kappa shape index (κ1) is 17.1. The maximum Gasteiger partial charge on any atom is 0.335 e. The monoisotopic (exact) mass is 335 g/mol. The summed E-state index contributed by atoms with van der Waals surface area (Å²) in [7, 11) is 0. The van der Waals surface area contributed by atoms with Gasteiger partial charge in [0.1, 0.15) is 0 Å². The van der Waals surface area contributed by atoms with Gasteiger partial charge in [-0.2, -0.15) is 0 Å². The highest BCUT2D eigenvalue weighted by Gasteiger charge is 2.40. The van der Waals surface area contributed by atoms with Gasteiger partial charge in [0.25, 0.3) is 5.91 Å². The number of halogens is 1. The fourth-order valence-corrected chi connectivity index (χ4v) is 2.16. The Hall–Kier alpha value is -2.21. The largest absolute Gasteiger partial charge is 0.335 e. The van der Waals surface area contributed by atoms with Gasteiger partial charge in [0.05, 0.1) is 5.69 Å². The molecule has 2 atom stereocenters. The van der Waals surface area contributed by atoms with Crippen LogP contribution in [0, 0.1) is 11.8 Å². The van der Waals surface area contributed by atoms with Gasteiger partial charge in [-0.3, -0.25) is 19.9 Å². The number of urea groups is 1. The number of barbiturate groups is 1. The summed E-state index contributed by atoms with van der Waals surface area (Å²) in [6.07, 6.45) is 2.27. The van der Waals surface area contributed by atoms with Gasteiger partial charge in [-0.05, 0) is 30.2 Å². The van der Waals surface area contributed by atoms with Crippen molar-refractivity contribution in [2.45, 2.75) is 20.3 Å². The van der Waals surface area contributed by atoms with Gasteiger partial charge in [0.2, 0.25) is 5.91 Å². The van der Waals surface area contributed by atoms with Crippen LogP contribution in [-0.2, 0) is 9.59 Å². The number of aliphatic imine (C=N–C) groups is 1. The Morgan fingerprint density at radius 1 is 1.30 bits per heavy atom. The van der Waals surface area contributed by atoms with Crippen molar-refractivity contribution in [3.63, 3.8) is 0 Å². The van der Waals surface area contributed by atoms with Crippen LogP contribution in [0.25, 0.3) is 0 Å². The van der Waals surface area contributed by atoms with Crippen molar-refractivity contribution in [3.8, 4) is 0 Å². The second kappa shape index (κ2) is 7.37. The number of benzene rings is 1. The maximum absolute atomic E-state index is 12.5. The highest BCUT2D eigenvalue weighted by molar-refractivity contribution is 6.33. The van der Waals surface area contributed by atoms with E-state index in [4.69, 9.17) is 11.6 Å². The average molecular weight is 336 g/mol. The first-order valence-electron chi connectivity index (χ1n) is 7.38. The lowest BCUT2D eigenvalue weighted by molar-refractivity contribution is -0.131. The van der Waals surface area contributed by atoms with E-state index in [1.54, 1.807) is 24.3 Å². The maximum atomic E-state index is 12.5. The van der Waals surface area contributed by atoms with Gasteiger partial charge in [0, 0.05) is 17.8 Å². The van der Waals surface area contributed by atoms with Gasteiger partial charge >= 0.3 is 6.03 Å². The van der Waals surface area contributed by atoms with E-state index < -0.39 is 23.8 Å². The van der Waals surface area contributed by atoms with Gasteiger partial charge in [-0.25, -0.2) is 9.69 Å². The Balaban J connectivity index is 2.21. The fraction of sp³-hybridized carbons (Fsp3) is 0.375. The normalized spacial score (nSPS) is 20.0. The number of carbonyl (C=O) groups excluding carboxylic acids is 3. The standard InChI is InChI=1S/C16H18ClN3O3/c1-3-10(2)8-18-9-13-14(21)19-16(23)20(15(13)22)12-6-4-11(17)5-7-12/h4-7,9-10,13H,3,8H2,1-2H3,(H,19,21,23)/t10-,13?/m1/s1. The topological polar surface area (TPSA) is 78.8 Å². The van der Waals surface area contributed by atoms with Crippen molar-refractivity contribution < 1.29 is 14.4 Å². The van der Waals surface area contributed by atoms with E-state index in [2.05, 4.69) is 10.3 Å². The van der Waals surface area contributed by atoms with E-state index in [9.17, 15) is 14.4 Å². The summed E-state index contributed by atoms with van der Waals surface area (Å²) in [6.45, 7) is 4.60. The molecule has 0 radical (unpaired) electrons. The van der Waals surface area contributed by atoms with E-state index in [-0.39, 0.29) is 0 Å². The molecule has 0 aromatic heterocycles. The van der Waals surface area contributed by atoms with Crippen LogP contribution in [-0.4, -0.2) is 30.6 Å². The molecule has 0 aliphatic carbocycles. The van der Waals surface area contributed by atoms with Crippen LogP contribution in [0.4, 0.5) is 10.5 Å². The number of anilines is 1. The molecule has 1 aliphatic heterocycles. The Morgan fingerprint density at radius 3 is 2.57 bits per heavy atom. The molecule has 1 aromatic carbocycles. The van der Waals surface area contributed by atoms with Crippen molar-refractivity contribution in [2.75, 3.05) is 11.4 Å². The molecule has 1 heterocycles. The molecule has 4 amide bonds. The van der Waals surface area contributed by atoms with Crippen LogP contribution in [0.2, 0.25) is 5.02 Å². The summed E-state index contributed by atoms with van der Waals surface area (Å²) >= 11 is 5.81. The quantitative estimate of drug-likeness (QED) is 0.663. The van der Waals surface area contributed by atoms with Gasteiger partial charge in [-0.15, -0.1) is 0 Å². The third kappa shape index (κ3) is 3.96. The summed E-state index contributed by atoms with van der Waals surface area (Å²) in [5.74, 6) is -2.01. The number of carbonyl (C=O) groups is 3. The minimum Gasteiger partial charge on any atom is -0.296 e. The summed E-state index contributed by atoms with van der Waals surface area (Å²) in [4.78, 5) is 41.5. The molecular weight excluding hydrogens is 318 g/mol. The lowest BCUT2D eigenvalue weighted by Gasteiger charge is -2.28. The second-order valence-electron chi connectivity index (χ2n) is 5.45. The van der Waals surface area contributed by atoms with Crippen LogP contribution in [0.1, 0.15) is 20.3 Å². The van der Waals surface area contributed by atoms with Crippen LogP contribution in [0.5, 0.6) is 0 Å². The Labute approximate surface area is 139 Å². The van der Waals surface area contributed by atoms with Crippen molar-refractivity contribution in [1.29, 1.82) is 0 Å². The Bertz CT molecular complexity index is 642. The Kier molecular flexibility index (Phi) is 5.50. The minimum absolute atomic E-state index is 0.352. The number of nitrogens with zero attached hydrogens (tertiary/aromatic N) is 2. The number of imide groups is 2. The average Bonchev–Trinajstić information content (AvgIpc) is 2.51. The molecule has 2 rings (SSSR count). The molecule has 0 spiro atoms. The molecule has 1 aromatic rings. The fourth-order valence-electron chi connectivity index (χ4n) is 2.03. The number of rotatable bonds is 5. The van der Waals surface area contributed by atoms with Crippen molar-refractivity contribution in [2.24, 2.45) is 16.8 Å². The highest BCUT2D eigenvalue weighted by Crippen LogP contribution is 2.22. The summed E-state index contributed by atoms with van der Waals surface area (Å²) in [5.41, 5.74) is 0.352. The van der Waals surface area contributed by atoms with Crippen molar-refractivity contribution in [3.05, 3.63) is 29.3 Å². The molecule has 1 N–H and O–H groups in total. The van der Waals surface area contributed by atoms with Crippen LogP contribution in [0.15, 0.2) is 29.3 Å². The van der Waals surface area contributed by atoms with E-state index in [1.807, 2.05) is 13.8 Å². The number of hydrogen-bond acceptors (Lipinski definition) is 4. The van der Waals surface area contributed by atoms with E-state index in [0.717, 1.165) is 11.3 Å². The minimum atomic E-state index is -1.10. The lowest BCUT2D eigenvalue weighted by Crippen LogP contribution is -2.58. The van der Waals surface area contributed by atoms with Crippen LogP contribution < -0.4 is 10.2 Å². The number of hydrogen-bond donors (Lipinski definition) is 1.